The summed E-state index contributed by atoms with van der Waals surface area (Å²) >= 11 is 5.87. The molecule has 0 unspecified atom stereocenters. The highest BCUT2D eigenvalue weighted by Gasteiger charge is 2.22. The summed E-state index contributed by atoms with van der Waals surface area (Å²) in [5, 5.41) is 3.85. The van der Waals surface area contributed by atoms with Crippen molar-refractivity contribution in [2.24, 2.45) is 0 Å². The Morgan fingerprint density at radius 1 is 1.15 bits per heavy atom. The van der Waals surface area contributed by atoms with Crippen molar-refractivity contribution < 1.29 is 13.2 Å². The molecule has 0 aliphatic carbocycles. The first-order chi connectivity index (χ1) is 12.9. The molecule has 0 aliphatic rings. The van der Waals surface area contributed by atoms with Gasteiger partial charge in [0.2, 0.25) is 5.91 Å². The molecule has 1 amide bonds. The minimum absolute atomic E-state index is 0.0326. The number of hydrogen-bond acceptors (Lipinski definition) is 3. The van der Waals surface area contributed by atoms with Gasteiger partial charge in [-0.1, -0.05) is 48.0 Å². The van der Waals surface area contributed by atoms with Crippen molar-refractivity contribution in [2.75, 3.05) is 6.54 Å². The summed E-state index contributed by atoms with van der Waals surface area (Å²) in [6, 6.07) is 13.9. The van der Waals surface area contributed by atoms with Crippen LogP contribution >= 0.6 is 11.6 Å². The Morgan fingerprint density at radius 3 is 2.56 bits per heavy atom. The van der Waals surface area contributed by atoms with Gasteiger partial charge in [0.1, 0.15) is 6.54 Å². The van der Waals surface area contributed by atoms with E-state index in [2.05, 4.69) is 11.9 Å². The summed E-state index contributed by atoms with van der Waals surface area (Å²) < 4.78 is 27.7. The lowest BCUT2D eigenvalue weighted by molar-refractivity contribution is -0.121. The van der Waals surface area contributed by atoms with Crippen LogP contribution in [0.1, 0.15) is 5.56 Å². The Morgan fingerprint density at radius 2 is 1.85 bits per heavy atom. The largest absolute Gasteiger partial charge is 0.351 e. The van der Waals surface area contributed by atoms with Gasteiger partial charge in [0, 0.05) is 28.7 Å². The number of hydrogen-bond donors (Lipinski definition) is 1. The maximum atomic E-state index is 13.0. The van der Waals surface area contributed by atoms with Gasteiger partial charge in [0.05, 0.1) is 10.6 Å². The second kappa shape index (κ2) is 7.98. The molecule has 3 rings (SSSR count). The highest BCUT2D eigenvalue weighted by atomic mass is 35.5. The standard InChI is InChI=1S/C20H19ClN2O3S/c1-2-11-22-20(24)13-23-12-19(17-5-3-4-6-18(17)23)27(25,26)14-15-7-9-16(21)10-8-15/h2-10,12H,1,11,13-14H2,(H,22,24). The van der Waals surface area contributed by atoms with Gasteiger partial charge in [-0.05, 0) is 23.8 Å². The Balaban J connectivity index is 1.97. The third kappa shape index (κ3) is 4.40. The first-order valence-electron chi connectivity index (χ1n) is 8.33. The van der Waals surface area contributed by atoms with Crippen molar-refractivity contribution >= 4 is 38.2 Å². The molecule has 1 N–H and O–H groups in total. The molecule has 7 heteroatoms. The van der Waals surface area contributed by atoms with E-state index in [1.54, 1.807) is 53.1 Å². The lowest BCUT2D eigenvalue weighted by Gasteiger charge is -2.05. The number of aromatic nitrogens is 1. The van der Waals surface area contributed by atoms with Crippen LogP contribution < -0.4 is 5.32 Å². The minimum Gasteiger partial charge on any atom is -0.351 e. The average Bonchev–Trinajstić information content (AvgIpc) is 3.01. The van der Waals surface area contributed by atoms with Crippen LogP contribution in [-0.4, -0.2) is 25.4 Å². The first-order valence-corrected chi connectivity index (χ1v) is 10.4. The highest BCUT2D eigenvalue weighted by molar-refractivity contribution is 7.90. The Labute approximate surface area is 163 Å². The number of sulfone groups is 1. The predicted molar refractivity (Wildman–Crippen MR) is 107 cm³/mol. The maximum absolute atomic E-state index is 13.0. The van der Waals surface area contributed by atoms with E-state index in [1.807, 2.05) is 6.07 Å². The van der Waals surface area contributed by atoms with Crippen molar-refractivity contribution in [3.8, 4) is 0 Å². The zero-order valence-corrected chi connectivity index (χ0v) is 16.1. The van der Waals surface area contributed by atoms with Gasteiger partial charge in [-0.2, -0.15) is 0 Å². The number of benzene rings is 2. The summed E-state index contributed by atoms with van der Waals surface area (Å²) in [7, 11) is -3.60. The molecule has 1 aromatic heterocycles. The molecule has 0 fully saturated rings. The molecule has 0 aliphatic heterocycles. The molecule has 5 nitrogen and oxygen atoms in total. The van der Waals surface area contributed by atoms with Crippen LogP contribution in [0.3, 0.4) is 0 Å². The molecular formula is C20H19ClN2O3S. The predicted octanol–water partition coefficient (Wildman–Crippen LogP) is 3.57. The van der Waals surface area contributed by atoms with Crippen molar-refractivity contribution in [3.63, 3.8) is 0 Å². The minimum atomic E-state index is -3.60. The molecule has 0 atom stereocenters. The number of fused-ring (bicyclic) bond motifs is 1. The SMILES string of the molecule is C=CCNC(=O)Cn1cc(S(=O)(=O)Cc2ccc(Cl)cc2)c2ccccc21. The van der Waals surface area contributed by atoms with Gasteiger partial charge in [-0.3, -0.25) is 4.79 Å². The van der Waals surface area contributed by atoms with Crippen LogP contribution in [0.15, 0.2) is 72.3 Å². The normalized spacial score (nSPS) is 11.4. The number of para-hydroxylation sites is 1. The zero-order chi connectivity index (χ0) is 19.4. The van der Waals surface area contributed by atoms with E-state index in [9.17, 15) is 13.2 Å². The van der Waals surface area contributed by atoms with Gasteiger partial charge in [-0.15, -0.1) is 6.58 Å². The van der Waals surface area contributed by atoms with Crippen molar-refractivity contribution in [1.82, 2.24) is 9.88 Å². The molecule has 2 aromatic carbocycles. The fourth-order valence-corrected chi connectivity index (χ4v) is 4.57. The van der Waals surface area contributed by atoms with E-state index in [4.69, 9.17) is 11.6 Å². The van der Waals surface area contributed by atoms with Crippen LogP contribution in [0.2, 0.25) is 5.02 Å². The monoisotopic (exact) mass is 402 g/mol. The van der Waals surface area contributed by atoms with E-state index in [0.29, 0.717) is 28.0 Å². The van der Waals surface area contributed by atoms with Crippen LogP contribution in [0, 0.1) is 0 Å². The summed E-state index contributed by atoms with van der Waals surface area (Å²) in [6.45, 7) is 3.96. The molecule has 1 heterocycles. The molecule has 140 valence electrons. The van der Waals surface area contributed by atoms with E-state index in [0.717, 1.165) is 0 Å². The van der Waals surface area contributed by atoms with E-state index in [1.165, 1.54) is 6.20 Å². The van der Waals surface area contributed by atoms with Gasteiger partial charge in [-0.25, -0.2) is 8.42 Å². The molecule has 0 spiro atoms. The van der Waals surface area contributed by atoms with Crippen LogP contribution in [0.4, 0.5) is 0 Å². The summed E-state index contributed by atoms with van der Waals surface area (Å²) in [4.78, 5) is 12.3. The Kier molecular flexibility index (Phi) is 5.68. The van der Waals surface area contributed by atoms with Gasteiger partial charge >= 0.3 is 0 Å². The summed E-state index contributed by atoms with van der Waals surface area (Å²) in [6.07, 6.45) is 3.12. The average molecular weight is 403 g/mol. The second-order valence-electron chi connectivity index (χ2n) is 6.12. The molecular weight excluding hydrogens is 384 g/mol. The lowest BCUT2D eigenvalue weighted by Crippen LogP contribution is -2.27. The number of rotatable bonds is 7. The summed E-state index contributed by atoms with van der Waals surface area (Å²) in [5.74, 6) is -0.349. The summed E-state index contributed by atoms with van der Waals surface area (Å²) in [5.41, 5.74) is 1.35. The quantitative estimate of drug-likeness (QED) is 0.614. The van der Waals surface area contributed by atoms with E-state index >= 15 is 0 Å². The molecule has 27 heavy (non-hydrogen) atoms. The fourth-order valence-electron chi connectivity index (χ4n) is 2.87. The number of carbonyl (C=O) groups is 1. The number of halogens is 1. The highest BCUT2D eigenvalue weighted by Crippen LogP contribution is 2.28. The van der Waals surface area contributed by atoms with Crippen molar-refractivity contribution in [3.05, 3.63) is 78.0 Å². The second-order valence-corrected chi connectivity index (χ2v) is 8.51. The third-order valence-corrected chi connectivity index (χ3v) is 6.08. The molecule has 0 radical (unpaired) electrons. The van der Waals surface area contributed by atoms with Crippen LogP contribution in [0.25, 0.3) is 10.9 Å². The zero-order valence-electron chi connectivity index (χ0n) is 14.6. The molecule has 0 saturated carbocycles. The van der Waals surface area contributed by atoms with Crippen molar-refractivity contribution in [1.29, 1.82) is 0 Å². The number of nitrogens with one attached hydrogen (secondary N) is 1. The lowest BCUT2D eigenvalue weighted by atomic mass is 10.2. The Hall–Kier alpha value is -2.57. The smallest absolute Gasteiger partial charge is 0.240 e. The molecule has 3 aromatic rings. The molecule has 0 bridgehead atoms. The molecule has 0 saturated heterocycles. The number of amides is 1. The van der Waals surface area contributed by atoms with Gasteiger partial charge in [0.25, 0.3) is 0 Å². The van der Waals surface area contributed by atoms with E-state index in [-0.39, 0.29) is 23.1 Å². The third-order valence-electron chi connectivity index (χ3n) is 4.11. The van der Waals surface area contributed by atoms with Gasteiger partial charge in [0.15, 0.2) is 9.84 Å². The maximum Gasteiger partial charge on any atom is 0.240 e. The van der Waals surface area contributed by atoms with Crippen LogP contribution in [-0.2, 0) is 26.9 Å². The number of carbonyl (C=O) groups excluding carboxylic acids is 1. The van der Waals surface area contributed by atoms with Crippen LogP contribution in [0.5, 0.6) is 0 Å². The van der Waals surface area contributed by atoms with E-state index < -0.39 is 9.84 Å². The number of nitrogens with zero attached hydrogens (tertiary/aromatic N) is 1. The first kappa shape index (κ1) is 19.2. The topological polar surface area (TPSA) is 68.2 Å². The Bertz CT molecular complexity index is 1090. The fraction of sp³-hybridized carbons (Fsp3) is 0.150. The van der Waals surface area contributed by atoms with Gasteiger partial charge < -0.3 is 9.88 Å². The van der Waals surface area contributed by atoms with Crippen molar-refractivity contribution in [2.45, 2.75) is 17.2 Å².